The lowest BCUT2D eigenvalue weighted by Gasteiger charge is -2.18. The molecule has 35 heavy (non-hydrogen) atoms. The Balaban J connectivity index is 1.59. The number of ketones is 1. The van der Waals surface area contributed by atoms with Gasteiger partial charge < -0.3 is 14.2 Å². The van der Waals surface area contributed by atoms with Gasteiger partial charge in [0.1, 0.15) is 17.2 Å². The minimum atomic E-state index is -0.215. The van der Waals surface area contributed by atoms with Crippen LogP contribution in [0.25, 0.3) is 0 Å². The molecule has 6 nitrogen and oxygen atoms in total. The number of esters is 1. The van der Waals surface area contributed by atoms with Crippen molar-refractivity contribution in [2.75, 3.05) is 13.7 Å². The second-order valence-corrected chi connectivity index (χ2v) is 8.46. The van der Waals surface area contributed by atoms with Crippen LogP contribution in [-0.2, 0) is 22.4 Å². The van der Waals surface area contributed by atoms with Crippen LogP contribution in [0.5, 0.6) is 11.5 Å². The van der Waals surface area contributed by atoms with Gasteiger partial charge in [-0.3, -0.25) is 14.6 Å². The summed E-state index contributed by atoms with van der Waals surface area (Å²) in [6.45, 7) is 6.50. The summed E-state index contributed by atoms with van der Waals surface area (Å²) in [6, 6.07) is 16.9. The maximum absolute atomic E-state index is 13.1. The van der Waals surface area contributed by atoms with Crippen LogP contribution in [0, 0.1) is 6.92 Å². The first kappa shape index (κ1) is 25.9. The van der Waals surface area contributed by atoms with Crippen molar-refractivity contribution in [2.45, 2.75) is 52.6 Å². The molecule has 1 heterocycles. The van der Waals surface area contributed by atoms with Crippen molar-refractivity contribution in [1.29, 1.82) is 0 Å². The van der Waals surface area contributed by atoms with Crippen LogP contribution in [0.4, 0.5) is 0 Å². The molecule has 0 spiro atoms. The van der Waals surface area contributed by atoms with Crippen molar-refractivity contribution in [1.82, 2.24) is 4.98 Å². The molecule has 0 radical (unpaired) electrons. The molecule has 0 N–H and O–H groups in total. The number of methoxy groups -OCH3 is 1. The van der Waals surface area contributed by atoms with E-state index < -0.39 is 0 Å². The molecule has 0 saturated carbocycles. The van der Waals surface area contributed by atoms with Crippen molar-refractivity contribution >= 4 is 11.8 Å². The first-order chi connectivity index (χ1) is 16.9. The fraction of sp³-hybridized carbons (Fsp3) is 0.345. The Morgan fingerprint density at radius 3 is 2.57 bits per heavy atom. The third-order valence-corrected chi connectivity index (χ3v) is 5.86. The average molecular weight is 476 g/mol. The topological polar surface area (TPSA) is 74.7 Å². The Hall–Kier alpha value is -3.67. The summed E-state index contributed by atoms with van der Waals surface area (Å²) in [5.41, 5.74) is 4.16. The van der Waals surface area contributed by atoms with E-state index in [1.54, 1.807) is 24.4 Å². The third kappa shape index (κ3) is 7.41. The minimum Gasteiger partial charge on any atom is -0.493 e. The second kappa shape index (κ2) is 12.7. The molecular weight excluding hydrogens is 442 g/mol. The van der Waals surface area contributed by atoms with Crippen molar-refractivity contribution < 1.29 is 23.8 Å². The molecule has 1 atom stereocenters. The maximum atomic E-state index is 13.1. The van der Waals surface area contributed by atoms with E-state index in [2.05, 4.69) is 11.9 Å². The number of hydrogen-bond donors (Lipinski definition) is 0. The van der Waals surface area contributed by atoms with E-state index in [4.69, 9.17) is 14.2 Å². The van der Waals surface area contributed by atoms with E-state index in [0.29, 0.717) is 42.9 Å². The highest BCUT2D eigenvalue weighted by Crippen LogP contribution is 2.25. The van der Waals surface area contributed by atoms with Crippen LogP contribution < -0.4 is 9.47 Å². The minimum absolute atomic E-state index is 0.151. The molecule has 0 amide bonds. The van der Waals surface area contributed by atoms with Gasteiger partial charge in [-0.2, -0.15) is 0 Å². The monoisotopic (exact) mass is 475 g/mol. The molecular formula is C29H33NO5. The van der Waals surface area contributed by atoms with Gasteiger partial charge in [-0.15, -0.1) is 0 Å². The Labute approximate surface area is 207 Å². The third-order valence-electron chi connectivity index (χ3n) is 5.86. The van der Waals surface area contributed by atoms with Crippen LogP contribution in [0.3, 0.4) is 0 Å². The van der Waals surface area contributed by atoms with Gasteiger partial charge in [-0.1, -0.05) is 25.1 Å². The van der Waals surface area contributed by atoms with E-state index in [0.717, 1.165) is 28.9 Å². The SMILES string of the molecule is CCc1ccc(OC(C)CCOc2ccc(CCC(=O)OC)c(C)c2)c(C(=O)c2ccccn2)c1. The van der Waals surface area contributed by atoms with E-state index in [-0.39, 0.29) is 17.9 Å². The van der Waals surface area contributed by atoms with Crippen LogP contribution in [0.2, 0.25) is 0 Å². The lowest BCUT2D eigenvalue weighted by molar-refractivity contribution is -0.140. The van der Waals surface area contributed by atoms with Gasteiger partial charge in [0.2, 0.25) is 5.78 Å². The number of aryl methyl sites for hydroxylation is 3. The summed E-state index contributed by atoms with van der Waals surface area (Å²) in [7, 11) is 1.40. The van der Waals surface area contributed by atoms with E-state index in [1.807, 2.05) is 50.2 Å². The van der Waals surface area contributed by atoms with E-state index >= 15 is 0 Å². The van der Waals surface area contributed by atoms with Gasteiger partial charge in [0.05, 0.1) is 25.4 Å². The zero-order chi connectivity index (χ0) is 25.2. The lowest BCUT2D eigenvalue weighted by atomic mass is 10.0. The smallest absolute Gasteiger partial charge is 0.305 e. The molecule has 6 heteroatoms. The van der Waals surface area contributed by atoms with Crippen LogP contribution >= 0.6 is 0 Å². The van der Waals surface area contributed by atoms with Gasteiger partial charge in [0, 0.05) is 19.0 Å². The Kier molecular flexibility index (Phi) is 9.41. The first-order valence-corrected chi connectivity index (χ1v) is 12.0. The fourth-order valence-corrected chi connectivity index (χ4v) is 3.71. The standard InChI is InChI=1S/C29H33NO5/c1-5-22-9-13-27(25(19-22)29(32)26-8-6-7-16-30-26)35-21(3)15-17-34-24-12-10-23(20(2)18-24)11-14-28(31)33-4/h6-10,12-13,16,18-19,21H,5,11,14-15,17H2,1-4H3. The van der Waals surface area contributed by atoms with Crippen molar-refractivity contribution in [2.24, 2.45) is 0 Å². The van der Waals surface area contributed by atoms with E-state index in [1.165, 1.54) is 7.11 Å². The number of rotatable bonds is 12. The summed E-state index contributed by atoms with van der Waals surface area (Å²) in [6.07, 6.45) is 3.93. The number of ether oxygens (including phenoxy) is 3. The van der Waals surface area contributed by atoms with Crippen molar-refractivity contribution in [3.8, 4) is 11.5 Å². The van der Waals surface area contributed by atoms with Gasteiger partial charge in [0.15, 0.2) is 0 Å². The Morgan fingerprint density at radius 1 is 1.06 bits per heavy atom. The summed E-state index contributed by atoms with van der Waals surface area (Å²) >= 11 is 0. The number of aromatic nitrogens is 1. The molecule has 0 aliphatic heterocycles. The second-order valence-electron chi connectivity index (χ2n) is 8.46. The number of carbonyl (C=O) groups excluding carboxylic acids is 2. The zero-order valence-corrected chi connectivity index (χ0v) is 20.9. The molecule has 1 aromatic heterocycles. The normalized spacial score (nSPS) is 11.5. The highest BCUT2D eigenvalue weighted by Gasteiger charge is 2.18. The summed E-state index contributed by atoms with van der Waals surface area (Å²) in [5, 5.41) is 0. The Morgan fingerprint density at radius 2 is 1.89 bits per heavy atom. The van der Waals surface area contributed by atoms with Gasteiger partial charge in [-0.05, 0) is 79.8 Å². The van der Waals surface area contributed by atoms with Crippen molar-refractivity contribution in [3.63, 3.8) is 0 Å². The molecule has 0 aliphatic carbocycles. The maximum Gasteiger partial charge on any atom is 0.305 e. The molecule has 3 rings (SSSR count). The highest BCUT2D eigenvalue weighted by atomic mass is 16.5. The van der Waals surface area contributed by atoms with Crippen LogP contribution in [0.15, 0.2) is 60.8 Å². The highest BCUT2D eigenvalue weighted by molar-refractivity contribution is 6.09. The van der Waals surface area contributed by atoms with Gasteiger partial charge in [-0.25, -0.2) is 0 Å². The summed E-state index contributed by atoms with van der Waals surface area (Å²) in [4.78, 5) is 28.7. The van der Waals surface area contributed by atoms with Crippen LogP contribution in [0.1, 0.15) is 59.4 Å². The van der Waals surface area contributed by atoms with Gasteiger partial charge >= 0.3 is 5.97 Å². The Bertz CT molecular complexity index is 1140. The summed E-state index contributed by atoms with van der Waals surface area (Å²) < 4.78 is 16.8. The number of pyridine rings is 1. The molecule has 0 bridgehead atoms. The fourth-order valence-electron chi connectivity index (χ4n) is 3.71. The quantitative estimate of drug-likeness (QED) is 0.253. The molecule has 184 valence electrons. The van der Waals surface area contributed by atoms with Crippen LogP contribution in [-0.4, -0.2) is 36.6 Å². The predicted molar refractivity (Wildman–Crippen MR) is 135 cm³/mol. The first-order valence-electron chi connectivity index (χ1n) is 12.0. The number of carbonyl (C=O) groups is 2. The predicted octanol–water partition coefficient (Wildman–Crippen LogP) is 5.53. The number of nitrogens with zero attached hydrogens (tertiary/aromatic N) is 1. The molecule has 3 aromatic rings. The molecule has 1 unspecified atom stereocenters. The number of benzene rings is 2. The number of hydrogen-bond acceptors (Lipinski definition) is 6. The van der Waals surface area contributed by atoms with E-state index in [9.17, 15) is 9.59 Å². The molecule has 0 fully saturated rings. The zero-order valence-electron chi connectivity index (χ0n) is 20.9. The average Bonchev–Trinajstić information content (AvgIpc) is 2.88. The molecule has 0 aliphatic rings. The largest absolute Gasteiger partial charge is 0.493 e. The van der Waals surface area contributed by atoms with Crippen molar-refractivity contribution in [3.05, 3.63) is 88.7 Å². The summed E-state index contributed by atoms with van der Waals surface area (Å²) in [5.74, 6) is 0.959. The molecule has 0 saturated heterocycles. The van der Waals surface area contributed by atoms with Gasteiger partial charge in [0.25, 0.3) is 0 Å². The lowest BCUT2D eigenvalue weighted by Crippen LogP contribution is -2.18. The molecule has 2 aromatic carbocycles.